The second-order valence-electron chi connectivity index (χ2n) is 8.79. The Kier molecular flexibility index (Phi) is 4.57. The molecular weight excluding hydrogens is 445 g/mol. The summed E-state index contributed by atoms with van der Waals surface area (Å²) < 4.78 is 28.0. The highest BCUT2D eigenvalue weighted by Gasteiger charge is 2.45. The molecule has 0 saturated carbocycles. The summed E-state index contributed by atoms with van der Waals surface area (Å²) in [6, 6.07) is 1.16. The number of anilines is 1. The molecule has 0 unspecified atom stereocenters. The number of hydrogen-bond donors (Lipinski definition) is 1. The standard InChI is InChI=1S/C22H22FN7O4/c1-11-4-24-21(32)15-6-26-30-10-18-20(27-19(15)30)29(7-13-3-14(23)5-25-22(13)33-11)16-8-28(12(2)31)9-17(16)34-18/h3,5-6,10-11,16-17H,4,7-9H2,1-2H3,(H,24,32)/t11-,16-,17+/m0/s1. The molecule has 6 heterocycles. The first-order chi connectivity index (χ1) is 16.4. The monoisotopic (exact) mass is 467 g/mol. The molecule has 0 aliphatic carbocycles. The van der Waals surface area contributed by atoms with Crippen LogP contribution in [-0.4, -0.2) is 74.2 Å². The largest absolute Gasteiger partial charge is 0.481 e. The summed E-state index contributed by atoms with van der Waals surface area (Å²) in [6.07, 6.45) is 3.51. The molecule has 1 N–H and O–H groups in total. The van der Waals surface area contributed by atoms with E-state index < -0.39 is 11.9 Å². The highest BCUT2D eigenvalue weighted by Crippen LogP contribution is 2.39. The van der Waals surface area contributed by atoms with Gasteiger partial charge in [-0.3, -0.25) is 9.59 Å². The second-order valence-corrected chi connectivity index (χ2v) is 8.79. The third-order valence-corrected chi connectivity index (χ3v) is 6.41. The van der Waals surface area contributed by atoms with E-state index in [9.17, 15) is 14.0 Å². The van der Waals surface area contributed by atoms with Gasteiger partial charge in [0.2, 0.25) is 11.8 Å². The number of likely N-dealkylation sites (tertiary alicyclic amines) is 1. The van der Waals surface area contributed by atoms with E-state index in [0.717, 1.165) is 6.20 Å². The van der Waals surface area contributed by atoms with E-state index in [4.69, 9.17) is 14.5 Å². The predicted molar refractivity (Wildman–Crippen MR) is 116 cm³/mol. The van der Waals surface area contributed by atoms with Crippen LogP contribution in [0.1, 0.15) is 29.8 Å². The maximum atomic E-state index is 14.2. The lowest BCUT2D eigenvalue weighted by molar-refractivity contribution is -0.128. The van der Waals surface area contributed by atoms with Crippen LogP contribution in [0.5, 0.6) is 11.6 Å². The molecule has 12 heteroatoms. The fraction of sp³-hybridized carbons (Fsp3) is 0.409. The number of rotatable bonds is 0. The van der Waals surface area contributed by atoms with E-state index in [0.29, 0.717) is 41.4 Å². The van der Waals surface area contributed by atoms with Crippen molar-refractivity contribution in [2.45, 2.75) is 38.6 Å². The van der Waals surface area contributed by atoms with Crippen molar-refractivity contribution < 1.29 is 23.5 Å². The Labute approximate surface area is 193 Å². The summed E-state index contributed by atoms with van der Waals surface area (Å²) in [7, 11) is 0. The third kappa shape index (κ3) is 3.28. The molecule has 2 bridgehead atoms. The molecule has 1 saturated heterocycles. The van der Waals surface area contributed by atoms with Crippen molar-refractivity contribution in [3.63, 3.8) is 0 Å². The fourth-order valence-corrected chi connectivity index (χ4v) is 4.71. The lowest BCUT2D eigenvalue weighted by Gasteiger charge is -2.38. The van der Waals surface area contributed by atoms with E-state index >= 15 is 0 Å². The normalized spacial score (nSPS) is 23.7. The summed E-state index contributed by atoms with van der Waals surface area (Å²) in [5, 5.41) is 7.10. The third-order valence-electron chi connectivity index (χ3n) is 6.41. The van der Waals surface area contributed by atoms with Crippen LogP contribution in [0.25, 0.3) is 5.65 Å². The first-order valence-electron chi connectivity index (χ1n) is 11.0. The summed E-state index contributed by atoms with van der Waals surface area (Å²) in [4.78, 5) is 37.6. The van der Waals surface area contributed by atoms with Gasteiger partial charge in [0.25, 0.3) is 5.91 Å². The van der Waals surface area contributed by atoms with Gasteiger partial charge in [0.05, 0.1) is 44.3 Å². The molecule has 2 amide bonds. The number of amides is 2. The Morgan fingerprint density at radius 1 is 1.26 bits per heavy atom. The Hall–Kier alpha value is -3.96. The maximum Gasteiger partial charge on any atom is 0.256 e. The maximum absolute atomic E-state index is 14.2. The van der Waals surface area contributed by atoms with Gasteiger partial charge >= 0.3 is 0 Å². The molecule has 3 aliphatic heterocycles. The minimum Gasteiger partial charge on any atom is -0.481 e. The number of pyridine rings is 1. The number of ether oxygens (including phenoxy) is 2. The Morgan fingerprint density at radius 2 is 2.12 bits per heavy atom. The molecule has 3 aromatic heterocycles. The SMILES string of the molecule is CC(=O)N1C[C@H]2Oc3cn4ncc5c4nc3N(Cc3cc(F)cnc3O[C@@H](C)CNC5=O)[C@H]2C1. The molecule has 0 radical (unpaired) electrons. The van der Waals surface area contributed by atoms with E-state index in [1.54, 1.807) is 18.0 Å². The number of nitrogens with zero attached hydrogens (tertiary/aromatic N) is 6. The topological polar surface area (TPSA) is 114 Å². The van der Waals surface area contributed by atoms with Crippen LogP contribution < -0.4 is 19.7 Å². The summed E-state index contributed by atoms with van der Waals surface area (Å²) >= 11 is 0. The summed E-state index contributed by atoms with van der Waals surface area (Å²) in [5.41, 5.74) is 1.21. The summed E-state index contributed by atoms with van der Waals surface area (Å²) in [5.74, 6) is 0.336. The number of aromatic nitrogens is 4. The lowest BCUT2D eigenvalue weighted by atomic mass is 10.1. The molecule has 6 rings (SSSR count). The molecule has 3 aliphatic rings. The van der Waals surface area contributed by atoms with Gasteiger partial charge in [-0.15, -0.1) is 0 Å². The average Bonchev–Trinajstić information content (AvgIpc) is 3.41. The van der Waals surface area contributed by atoms with Gasteiger partial charge in [-0.05, 0) is 13.0 Å². The van der Waals surface area contributed by atoms with E-state index in [-0.39, 0.29) is 42.9 Å². The number of halogens is 1. The van der Waals surface area contributed by atoms with Crippen LogP contribution in [-0.2, 0) is 11.3 Å². The number of carbonyl (C=O) groups is 2. The van der Waals surface area contributed by atoms with E-state index in [2.05, 4.69) is 15.4 Å². The summed E-state index contributed by atoms with van der Waals surface area (Å²) in [6.45, 7) is 4.60. The van der Waals surface area contributed by atoms with Crippen LogP contribution in [0.2, 0.25) is 0 Å². The van der Waals surface area contributed by atoms with Gasteiger partial charge in [-0.2, -0.15) is 5.10 Å². The van der Waals surface area contributed by atoms with Crippen LogP contribution in [0.15, 0.2) is 24.7 Å². The zero-order chi connectivity index (χ0) is 23.6. The predicted octanol–water partition coefficient (Wildman–Crippen LogP) is 0.772. The van der Waals surface area contributed by atoms with Crippen molar-refractivity contribution in [1.29, 1.82) is 0 Å². The number of hydrogen-bond acceptors (Lipinski definition) is 8. The van der Waals surface area contributed by atoms with Crippen molar-refractivity contribution in [3.8, 4) is 11.6 Å². The van der Waals surface area contributed by atoms with Crippen molar-refractivity contribution in [3.05, 3.63) is 41.6 Å². The molecule has 3 atom stereocenters. The quantitative estimate of drug-likeness (QED) is 0.516. The first kappa shape index (κ1) is 20.6. The van der Waals surface area contributed by atoms with Crippen molar-refractivity contribution in [1.82, 2.24) is 29.8 Å². The van der Waals surface area contributed by atoms with Crippen molar-refractivity contribution >= 4 is 23.3 Å². The van der Waals surface area contributed by atoms with Gasteiger partial charge in [0.1, 0.15) is 23.6 Å². The highest BCUT2D eigenvalue weighted by molar-refractivity contribution is 5.99. The van der Waals surface area contributed by atoms with E-state index in [1.807, 2.05) is 4.90 Å². The number of nitrogens with one attached hydrogen (secondary N) is 1. The molecule has 0 spiro atoms. The zero-order valence-corrected chi connectivity index (χ0v) is 18.6. The minimum atomic E-state index is -0.490. The zero-order valence-electron chi connectivity index (χ0n) is 18.6. The van der Waals surface area contributed by atoms with Crippen molar-refractivity contribution in [2.75, 3.05) is 24.5 Å². The van der Waals surface area contributed by atoms with E-state index in [1.165, 1.54) is 23.7 Å². The van der Waals surface area contributed by atoms with Gasteiger partial charge in [0.15, 0.2) is 17.2 Å². The van der Waals surface area contributed by atoms with Gasteiger partial charge in [-0.1, -0.05) is 0 Å². The molecule has 176 valence electrons. The molecule has 34 heavy (non-hydrogen) atoms. The first-order valence-corrected chi connectivity index (χ1v) is 11.0. The second kappa shape index (κ2) is 7.54. The van der Waals surface area contributed by atoms with Gasteiger partial charge in [-0.25, -0.2) is 18.9 Å². The number of carbonyl (C=O) groups excluding carboxylic acids is 2. The van der Waals surface area contributed by atoms with Crippen LogP contribution in [0.4, 0.5) is 10.2 Å². The van der Waals surface area contributed by atoms with Gasteiger partial charge < -0.3 is 24.6 Å². The lowest BCUT2D eigenvalue weighted by Crippen LogP contribution is -2.49. The molecule has 11 nitrogen and oxygen atoms in total. The molecule has 3 aromatic rings. The molecular formula is C22H22FN7O4. The number of fused-ring (bicyclic) bond motifs is 3. The Balaban J connectivity index is 1.54. The van der Waals surface area contributed by atoms with Crippen LogP contribution in [0.3, 0.4) is 0 Å². The van der Waals surface area contributed by atoms with Crippen molar-refractivity contribution in [2.24, 2.45) is 0 Å². The smallest absolute Gasteiger partial charge is 0.256 e. The van der Waals surface area contributed by atoms with Crippen LogP contribution >= 0.6 is 0 Å². The minimum absolute atomic E-state index is 0.0557. The van der Waals surface area contributed by atoms with Gasteiger partial charge in [0, 0.05) is 19.0 Å². The Bertz CT molecular complexity index is 1330. The average molecular weight is 467 g/mol. The molecule has 0 aromatic carbocycles. The van der Waals surface area contributed by atoms with Crippen LogP contribution in [0, 0.1) is 5.82 Å². The molecule has 1 fully saturated rings. The fourth-order valence-electron chi connectivity index (χ4n) is 4.71. The highest BCUT2D eigenvalue weighted by atomic mass is 19.1. The Morgan fingerprint density at radius 3 is 2.94 bits per heavy atom.